The molecule has 0 aromatic rings. The van der Waals surface area contributed by atoms with E-state index in [0.717, 1.165) is 24.8 Å². The number of hydrogen-bond acceptors (Lipinski definition) is 2. The van der Waals surface area contributed by atoms with Crippen molar-refractivity contribution in [3.63, 3.8) is 0 Å². The minimum Gasteiger partial charge on any atom is -0.327 e. The molecule has 1 aliphatic carbocycles. The molecule has 2 heteroatoms. The highest BCUT2D eigenvalue weighted by molar-refractivity contribution is 4.96. The fourth-order valence-electron chi connectivity index (χ4n) is 2.80. The van der Waals surface area contributed by atoms with E-state index < -0.39 is 0 Å². The summed E-state index contributed by atoms with van der Waals surface area (Å²) >= 11 is 0. The minimum atomic E-state index is 0.459. The summed E-state index contributed by atoms with van der Waals surface area (Å²) in [6, 6.07) is 0.459. The van der Waals surface area contributed by atoms with Crippen LogP contribution in [0.3, 0.4) is 0 Å². The van der Waals surface area contributed by atoms with Crippen LogP contribution < -0.4 is 5.73 Å². The molecule has 0 amide bonds. The largest absolute Gasteiger partial charge is 0.327 e. The van der Waals surface area contributed by atoms with Gasteiger partial charge in [-0.05, 0) is 24.7 Å². The average molecular weight is 178 g/mol. The van der Waals surface area contributed by atoms with Crippen LogP contribution in [0.1, 0.15) is 19.3 Å². The first-order valence-corrected chi connectivity index (χ1v) is 5.22. The zero-order valence-electron chi connectivity index (χ0n) is 8.08. The van der Waals surface area contributed by atoms with Crippen LogP contribution in [0.5, 0.6) is 0 Å². The van der Waals surface area contributed by atoms with Crippen LogP contribution in [0, 0.1) is 24.2 Å². The van der Waals surface area contributed by atoms with E-state index in [-0.39, 0.29) is 0 Å². The topological polar surface area (TPSA) is 29.3 Å². The van der Waals surface area contributed by atoms with Crippen molar-refractivity contribution in [3.05, 3.63) is 0 Å². The van der Waals surface area contributed by atoms with Crippen LogP contribution in [0.4, 0.5) is 0 Å². The van der Waals surface area contributed by atoms with Gasteiger partial charge in [0.05, 0.1) is 0 Å². The Balaban J connectivity index is 1.85. The van der Waals surface area contributed by atoms with E-state index in [1.54, 1.807) is 0 Å². The summed E-state index contributed by atoms with van der Waals surface area (Å²) in [5, 5.41) is 0. The Morgan fingerprint density at radius 2 is 2.23 bits per heavy atom. The van der Waals surface area contributed by atoms with E-state index in [0.29, 0.717) is 6.04 Å². The molecule has 0 spiro atoms. The van der Waals surface area contributed by atoms with Crippen molar-refractivity contribution in [2.75, 3.05) is 19.6 Å². The van der Waals surface area contributed by atoms with Gasteiger partial charge in [-0.15, -0.1) is 12.3 Å². The van der Waals surface area contributed by atoms with Crippen molar-refractivity contribution < 1.29 is 0 Å². The standard InChI is InChI=1S/C11H18N2/c1-2-3-6-13-7-9-4-5-11(12)10(9)8-13/h1,9-11H,3-8,12H2. The van der Waals surface area contributed by atoms with Gasteiger partial charge >= 0.3 is 0 Å². The molecule has 2 N–H and O–H groups in total. The summed E-state index contributed by atoms with van der Waals surface area (Å²) in [4.78, 5) is 2.48. The van der Waals surface area contributed by atoms with E-state index in [9.17, 15) is 0 Å². The van der Waals surface area contributed by atoms with Gasteiger partial charge in [-0.25, -0.2) is 0 Å². The number of hydrogen-bond donors (Lipinski definition) is 1. The second kappa shape index (κ2) is 3.69. The fourth-order valence-corrected chi connectivity index (χ4v) is 2.80. The van der Waals surface area contributed by atoms with Gasteiger partial charge in [0, 0.05) is 32.1 Å². The Morgan fingerprint density at radius 1 is 1.38 bits per heavy atom. The van der Waals surface area contributed by atoms with Crippen LogP contribution in [0.25, 0.3) is 0 Å². The van der Waals surface area contributed by atoms with Gasteiger partial charge in [-0.3, -0.25) is 0 Å². The summed E-state index contributed by atoms with van der Waals surface area (Å²) in [7, 11) is 0. The number of rotatable bonds is 2. The normalized spacial score (nSPS) is 38.9. The van der Waals surface area contributed by atoms with Gasteiger partial charge in [0.1, 0.15) is 0 Å². The molecule has 2 aliphatic rings. The molecule has 1 saturated heterocycles. The van der Waals surface area contributed by atoms with Gasteiger partial charge in [0.2, 0.25) is 0 Å². The first-order chi connectivity index (χ1) is 6.31. The van der Waals surface area contributed by atoms with Crippen molar-refractivity contribution in [1.29, 1.82) is 0 Å². The number of terminal acetylenes is 1. The highest BCUT2D eigenvalue weighted by atomic mass is 15.2. The summed E-state index contributed by atoms with van der Waals surface area (Å²) in [5.74, 6) is 4.33. The van der Waals surface area contributed by atoms with Crippen LogP contribution in [0.15, 0.2) is 0 Å². The van der Waals surface area contributed by atoms with Crippen molar-refractivity contribution in [2.45, 2.75) is 25.3 Å². The number of nitrogens with zero attached hydrogens (tertiary/aromatic N) is 1. The molecule has 0 aromatic heterocycles. The lowest BCUT2D eigenvalue weighted by molar-refractivity contribution is 0.313. The molecule has 3 unspecified atom stereocenters. The van der Waals surface area contributed by atoms with Gasteiger partial charge < -0.3 is 10.6 Å². The lowest BCUT2D eigenvalue weighted by atomic mass is 9.98. The second-order valence-electron chi connectivity index (χ2n) is 4.38. The first-order valence-electron chi connectivity index (χ1n) is 5.22. The zero-order valence-corrected chi connectivity index (χ0v) is 8.08. The van der Waals surface area contributed by atoms with Crippen LogP contribution in [-0.4, -0.2) is 30.6 Å². The Morgan fingerprint density at radius 3 is 2.92 bits per heavy atom. The van der Waals surface area contributed by atoms with E-state index in [4.69, 9.17) is 12.2 Å². The molecule has 1 saturated carbocycles. The molecule has 2 nitrogen and oxygen atoms in total. The second-order valence-corrected chi connectivity index (χ2v) is 4.38. The average Bonchev–Trinajstić information content (AvgIpc) is 2.65. The molecule has 13 heavy (non-hydrogen) atoms. The van der Waals surface area contributed by atoms with Crippen molar-refractivity contribution in [1.82, 2.24) is 4.90 Å². The molecule has 0 bridgehead atoms. The summed E-state index contributed by atoms with van der Waals surface area (Å²) in [5.41, 5.74) is 6.04. The molecule has 2 rings (SSSR count). The highest BCUT2D eigenvalue weighted by Gasteiger charge is 2.40. The molecule has 0 radical (unpaired) electrons. The number of nitrogens with two attached hydrogens (primary N) is 1. The lowest BCUT2D eigenvalue weighted by Crippen LogP contribution is -2.30. The zero-order chi connectivity index (χ0) is 9.26. The Bertz CT molecular complexity index is 219. The molecule has 1 aliphatic heterocycles. The molecule has 1 heterocycles. The maximum atomic E-state index is 6.04. The summed E-state index contributed by atoms with van der Waals surface area (Å²) in [6.45, 7) is 3.49. The molecule has 72 valence electrons. The highest BCUT2D eigenvalue weighted by Crippen LogP contribution is 2.36. The summed E-state index contributed by atoms with van der Waals surface area (Å²) in [6.07, 6.45) is 8.70. The molecular weight excluding hydrogens is 160 g/mol. The minimum absolute atomic E-state index is 0.459. The third-order valence-corrected chi connectivity index (χ3v) is 3.56. The lowest BCUT2D eigenvalue weighted by Gasteiger charge is -2.16. The van der Waals surface area contributed by atoms with E-state index in [2.05, 4.69) is 10.8 Å². The molecule has 3 atom stereocenters. The predicted octanol–water partition coefficient (Wildman–Crippen LogP) is 0.679. The third-order valence-electron chi connectivity index (χ3n) is 3.56. The van der Waals surface area contributed by atoms with Gasteiger partial charge in [0.15, 0.2) is 0 Å². The van der Waals surface area contributed by atoms with Crippen molar-refractivity contribution >= 4 is 0 Å². The predicted molar refractivity (Wildman–Crippen MR) is 54.1 cm³/mol. The fraction of sp³-hybridized carbons (Fsp3) is 0.818. The van der Waals surface area contributed by atoms with Crippen molar-refractivity contribution in [2.24, 2.45) is 17.6 Å². The monoisotopic (exact) mass is 178 g/mol. The van der Waals surface area contributed by atoms with Gasteiger partial charge in [-0.2, -0.15) is 0 Å². The first kappa shape index (κ1) is 9.05. The van der Waals surface area contributed by atoms with Gasteiger partial charge in [-0.1, -0.05) is 0 Å². The smallest absolute Gasteiger partial charge is 0.0214 e. The van der Waals surface area contributed by atoms with E-state index >= 15 is 0 Å². The van der Waals surface area contributed by atoms with Crippen LogP contribution >= 0.6 is 0 Å². The Labute approximate surface area is 80.5 Å². The quantitative estimate of drug-likeness (QED) is 0.630. The number of fused-ring (bicyclic) bond motifs is 1. The number of likely N-dealkylation sites (tertiary alicyclic amines) is 1. The molecule has 0 aromatic carbocycles. The maximum Gasteiger partial charge on any atom is 0.0214 e. The summed E-state index contributed by atoms with van der Waals surface area (Å²) < 4.78 is 0. The van der Waals surface area contributed by atoms with Gasteiger partial charge in [0.25, 0.3) is 0 Å². The van der Waals surface area contributed by atoms with E-state index in [1.807, 2.05) is 0 Å². The van der Waals surface area contributed by atoms with Crippen LogP contribution in [0.2, 0.25) is 0 Å². The Hall–Kier alpha value is -0.520. The SMILES string of the molecule is C#CCCN1CC2CCC(N)C2C1. The van der Waals surface area contributed by atoms with Crippen molar-refractivity contribution in [3.8, 4) is 12.3 Å². The third kappa shape index (κ3) is 1.72. The molecular formula is C11H18N2. The Kier molecular flexibility index (Phi) is 2.57. The molecule has 2 fully saturated rings. The van der Waals surface area contributed by atoms with Crippen LogP contribution in [-0.2, 0) is 0 Å². The van der Waals surface area contributed by atoms with E-state index in [1.165, 1.54) is 25.9 Å². The maximum absolute atomic E-state index is 6.04.